The first-order chi connectivity index (χ1) is 26.9. The fraction of sp³-hybridized carbons (Fsp3) is 0.423. The Bertz CT molecular complexity index is 2100. The summed E-state index contributed by atoms with van der Waals surface area (Å²) >= 11 is -0.826. The number of nitrogens with zero attached hydrogens (tertiary/aromatic N) is 1. The minimum absolute atomic E-state index is 0.137. The second-order valence-corrected chi connectivity index (χ2v) is 35.8. The van der Waals surface area contributed by atoms with E-state index in [1.165, 1.54) is 66.1 Å². The summed E-state index contributed by atoms with van der Waals surface area (Å²) in [7, 11) is 13.4. The van der Waals surface area contributed by atoms with Gasteiger partial charge >= 0.3 is 37.9 Å². The molecule has 0 aromatic heterocycles. The second-order valence-electron chi connectivity index (χ2n) is 22.0. The molecule has 0 saturated carbocycles. The molecule has 0 amide bonds. The number of hydrogen-bond acceptors (Lipinski definition) is 1. The van der Waals surface area contributed by atoms with E-state index >= 15 is 0 Å². The molecule has 59 heavy (non-hydrogen) atoms. The van der Waals surface area contributed by atoms with Gasteiger partial charge < -0.3 is 4.14 Å². The van der Waals surface area contributed by atoms with E-state index in [0.717, 1.165) is 0 Å². The van der Waals surface area contributed by atoms with Crippen LogP contribution in [0.25, 0.3) is 43.8 Å². The van der Waals surface area contributed by atoms with E-state index in [1.807, 2.05) is 0 Å². The van der Waals surface area contributed by atoms with Crippen LogP contribution in [0.3, 0.4) is 0 Å². The molecule has 6 rings (SSSR count). The Morgan fingerprint density at radius 3 is 1.00 bits per heavy atom. The van der Waals surface area contributed by atoms with Crippen LogP contribution in [0.15, 0.2) is 109 Å². The van der Waals surface area contributed by atoms with Crippen molar-refractivity contribution in [3.63, 3.8) is 0 Å². The van der Waals surface area contributed by atoms with E-state index < -0.39 is 37.3 Å². The molecule has 314 valence electrons. The molecule has 0 N–H and O–H groups in total. The zero-order chi connectivity index (χ0) is 44.9. The van der Waals surface area contributed by atoms with Gasteiger partial charge in [0, 0.05) is 0 Å². The third-order valence-corrected chi connectivity index (χ3v) is 17.6. The van der Waals surface area contributed by atoms with Crippen molar-refractivity contribution >= 4 is 63.0 Å². The maximum absolute atomic E-state index is 5.98. The molecule has 6 aromatic carbocycles. The van der Waals surface area contributed by atoms with Gasteiger partial charge in [-0.1, -0.05) is 194 Å². The van der Waals surface area contributed by atoms with E-state index in [4.69, 9.17) is 25.0 Å². The van der Waals surface area contributed by atoms with Crippen molar-refractivity contribution in [3.8, 4) is 22.3 Å². The molecule has 0 spiro atoms. The number of fused-ring (bicyclic) bond motifs is 2. The first kappa shape index (κ1) is 51.4. The molecular weight excluding hydrogens is 868 g/mol. The maximum atomic E-state index is 5.98. The van der Waals surface area contributed by atoms with Crippen LogP contribution in [0.1, 0.15) is 105 Å². The van der Waals surface area contributed by atoms with Gasteiger partial charge in [0.2, 0.25) is 0 Å². The van der Waals surface area contributed by atoms with Gasteiger partial charge in [-0.05, 0) is 43.9 Å². The Morgan fingerprint density at radius 2 is 0.746 bits per heavy atom. The van der Waals surface area contributed by atoms with Gasteiger partial charge in [-0.3, -0.25) is 0 Å². The zero-order valence-electron chi connectivity index (χ0n) is 39.7. The molecule has 0 fully saturated rings. The predicted octanol–water partition coefficient (Wildman–Crippen LogP) is 17.1. The van der Waals surface area contributed by atoms with Crippen LogP contribution >= 0.6 is 17.0 Å². The first-order valence-electron chi connectivity index (χ1n) is 21.0. The van der Waals surface area contributed by atoms with E-state index in [2.05, 4.69) is 236 Å². The third-order valence-electron chi connectivity index (χ3n) is 10.7. The molecular formula is C52H72BCl2NSi2Zr. The average Bonchev–Trinajstić information content (AvgIpc) is 3.77. The molecule has 6 aromatic rings. The molecule has 0 unspecified atom stereocenters. The molecule has 0 aliphatic heterocycles. The number of rotatable bonds is 4. The Labute approximate surface area is 382 Å². The molecule has 1 nitrogen and oxygen atoms in total. The normalized spacial score (nSPS) is 12.6. The van der Waals surface area contributed by atoms with E-state index in [0.29, 0.717) is 0 Å². The monoisotopic (exact) mass is 937 g/mol. The van der Waals surface area contributed by atoms with E-state index in [9.17, 15) is 0 Å². The summed E-state index contributed by atoms with van der Waals surface area (Å²) in [6.45, 7) is 41.1. The van der Waals surface area contributed by atoms with Gasteiger partial charge in [0.15, 0.2) is 7.98 Å². The number of halogens is 2. The Morgan fingerprint density at radius 1 is 0.458 bits per heavy atom. The number of hydrogen-bond donors (Lipinski definition) is 0. The van der Waals surface area contributed by atoms with Crippen LogP contribution in [0, 0.1) is 0 Å². The molecule has 0 bridgehead atoms. The molecule has 0 aliphatic carbocycles. The van der Waals surface area contributed by atoms with Crippen LogP contribution in [0.2, 0.25) is 39.3 Å². The molecule has 0 saturated heterocycles. The van der Waals surface area contributed by atoms with Gasteiger partial charge in [-0.2, -0.15) is 12.1 Å². The van der Waals surface area contributed by atoms with Gasteiger partial charge in [0.1, 0.15) is 16.5 Å². The van der Waals surface area contributed by atoms with Crippen LogP contribution in [-0.2, 0) is 42.5 Å². The SMILES string of the molecule is CC(C)(C)c1cc2c(-c3ccccc3C(C)(C)C)cccc2[cH-]1.CC(C)(C)c1cc2c(-c3ccccc3C(C)(C)C)cccc2[cH-]1.[B]N([Si](C)(C)C)[Si](C)(C)C.[Cl][Zr+2][Cl]. The summed E-state index contributed by atoms with van der Waals surface area (Å²) in [6.07, 6.45) is 0. The van der Waals surface area contributed by atoms with E-state index in [-0.39, 0.29) is 21.7 Å². The van der Waals surface area contributed by atoms with E-state index in [1.54, 1.807) is 0 Å². The standard InChI is InChI=1S/2C23H27.C6H18BNSi2.2ClH.Zr/c2*1-22(2,3)17-14-16-10-9-12-18(20(16)15-17)19-11-7-8-13-21(19)23(4,5)6;1-9(2,3)8(7)10(4,5)6;;;/h2*7-15H,1-6H3;1-6H3;2*1H;/q2*-1;;;;+4/p-2. The Kier molecular flexibility index (Phi) is 17.4. The summed E-state index contributed by atoms with van der Waals surface area (Å²) in [6, 6.07) is 40.5. The van der Waals surface area contributed by atoms with Crippen LogP contribution in [0.5, 0.6) is 0 Å². The van der Waals surface area contributed by atoms with Gasteiger partial charge in [-0.25, -0.2) is 0 Å². The van der Waals surface area contributed by atoms with Crippen molar-refractivity contribution in [2.75, 3.05) is 0 Å². The first-order valence-corrected chi connectivity index (χ1v) is 34.3. The predicted molar refractivity (Wildman–Crippen MR) is 271 cm³/mol. The summed E-state index contributed by atoms with van der Waals surface area (Å²) in [5, 5.41) is 5.43. The van der Waals surface area contributed by atoms with Gasteiger partial charge in [0.05, 0.1) is 0 Å². The van der Waals surface area contributed by atoms with Crippen LogP contribution in [-0.4, -0.2) is 28.6 Å². The second kappa shape index (κ2) is 20.0. The molecule has 0 atom stereocenters. The van der Waals surface area contributed by atoms with Crippen molar-refractivity contribution in [1.82, 2.24) is 4.14 Å². The number of benzene rings is 4. The van der Waals surface area contributed by atoms with Gasteiger partial charge in [-0.15, -0.1) is 69.1 Å². The topological polar surface area (TPSA) is 3.24 Å². The fourth-order valence-electron chi connectivity index (χ4n) is 7.56. The summed E-state index contributed by atoms with van der Waals surface area (Å²) in [4.78, 5) is 0. The fourth-order valence-corrected chi connectivity index (χ4v) is 15.6. The van der Waals surface area contributed by atoms with Crippen molar-refractivity contribution < 1.29 is 20.8 Å². The van der Waals surface area contributed by atoms with Crippen LogP contribution < -0.4 is 0 Å². The third kappa shape index (κ3) is 14.0. The van der Waals surface area contributed by atoms with Crippen molar-refractivity contribution in [2.45, 2.75) is 144 Å². The molecule has 0 heterocycles. The summed E-state index contributed by atoms with van der Waals surface area (Å²) in [5.74, 6) is 0. The molecule has 0 aliphatic rings. The summed E-state index contributed by atoms with van der Waals surface area (Å²) in [5.41, 5.74) is 11.7. The Balaban J connectivity index is 0.000000245. The average molecular weight is 940 g/mol. The zero-order valence-corrected chi connectivity index (χ0v) is 45.6. The molecule has 7 heteroatoms. The van der Waals surface area contributed by atoms with Crippen molar-refractivity contribution in [1.29, 1.82) is 0 Å². The van der Waals surface area contributed by atoms with Crippen molar-refractivity contribution in [2.24, 2.45) is 0 Å². The summed E-state index contributed by atoms with van der Waals surface area (Å²) < 4.78 is 2.15. The van der Waals surface area contributed by atoms with Crippen LogP contribution in [0.4, 0.5) is 0 Å². The van der Waals surface area contributed by atoms with Crippen molar-refractivity contribution in [3.05, 3.63) is 131 Å². The molecule has 2 radical (unpaired) electrons. The Hall–Kier alpha value is -1.98. The quantitative estimate of drug-likeness (QED) is 0.126. The minimum atomic E-state index is -1.22. The van der Waals surface area contributed by atoms with Gasteiger partial charge in [0.25, 0.3) is 0 Å².